The molecule has 46 heavy (non-hydrogen) atoms. The Balaban J connectivity index is 1.45. The highest BCUT2D eigenvalue weighted by atomic mass is 28.4. The van der Waals surface area contributed by atoms with Gasteiger partial charge < -0.3 is 18.7 Å². The fourth-order valence-electron chi connectivity index (χ4n) is 7.16. The van der Waals surface area contributed by atoms with Crippen molar-refractivity contribution < 1.29 is 23.5 Å². The minimum absolute atomic E-state index is 0.00225. The van der Waals surface area contributed by atoms with Crippen LogP contribution in [0.5, 0.6) is 0 Å². The van der Waals surface area contributed by atoms with E-state index in [1.807, 2.05) is 48.5 Å². The van der Waals surface area contributed by atoms with Gasteiger partial charge in [-0.3, -0.25) is 4.79 Å². The number of carbonyl (C=O) groups is 1. The van der Waals surface area contributed by atoms with Crippen LogP contribution >= 0.6 is 0 Å². The van der Waals surface area contributed by atoms with Crippen LogP contribution in [0.15, 0.2) is 121 Å². The Morgan fingerprint density at radius 3 is 1.39 bits per heavy atom. The van der Waals surface area contributed by atoms with Crippen molar-refractivity contribution in [3.8, 4) is 0 Å². The molecule has 1 heterocycles. The molecule has 0 unspecified atom stereocenters. The predicted octanol–water partition coefficient (Wildman–Crippen LogP) is 5.57. The molecule has 1 N–H and O–H groups in total. The van der Waals surface area contributed by atoms with Gasteiger partial charge in [-0.1, -0.05) is 163 Å². The lowest BCUT2D eigenvalue weighted by Gasteiger charge is -2.47. The van der Waals surface area contributed by atoms with Gasteiger partial charge in [0.25, 0.3) is 16.6 Å². The second-order valence-corrected chi connectivity index (χ2v) is 22.9. The standard InChI is InChI=1S/C39H48O5Si2/c1-38(2,3)45(30-19-11-7-12-20-30,31-21-13-8-14-22-31)42-28-27-34-37(41)35(29-36(40)43-34)44-46(39(4,5)6,32-23-15-9-16-24-32)33-25-17-10-18-26-33/h7-26,34-35,37,41H,27-29H2,1-6H3/t34-,35+,37-/m1/s1. The lowest BCUT2D eigenvalue weighted by atomic mass is 10.00. The molecule has 0 bridgehead atoms. The average Bonchev–Trinajstić information content (AvgIpc) is 3.04. The minimum atomic E-state index is -3.00. The van der Waals surface area contributed by atoms with E-state index in [9.17, 15) is 9.90 Å². The number of carbonyl (C=O) groups excluding carboxylic acids is 1. The van der Waals surface area contributed by atoms with Crippen LogP contribution in [0, 0.1) is 0 Å². The maximum Gasteiger partial charge on any atom is 0.308 e. The molecule has 0 amide bonds. The van der Waals surface area contributed by atoms with E-state index in [0.717, 1.165) is 10.4 Å². The number of aliphatic hydroxyl groups is 1. The normalized spacial score (nSPS) is 19.5. The molecule has 4 aromatic carbocycles. The first-order valence-electron chi connectivity index (χ1n) is 16.3. The summed E-state index contributed by atoms with van der Waals surface area (Å²) in [6.07, 6.45) is -2.11. The van der Waals surface area contributed by atoms with E-state index in [1.54, 1.807) is 0 Å². The third-order valence-electron chi connectivity index (χ3n) is 9.30. The third kappa shape index (κ3) is 6.57. The summed E-state index contributed by atoms with van der Waals surface area (Å²) in [7, 11) is -5.79. The molecule has 7 heteroatoms. The maximum atomic E-state index is 13.2. The van der Waals surface area contributed by atoms with E-state index in [2.05, 4.69) is 114 Å². The van der Waals surface area contributed by atoms with E-state index < -0.39 is 34.9 Å². The lowest BCUT2D eigenvalue weighted by molar-refractivity contribution is -0.177. The van der Waals surface area contributed by atoms with Crippen molar-refractivity contribution in [2.24, 2.45) is 0 Å². The van der Waals surface area contributed by atoms with E-state index in [1.165, 1.54) is 10.4 Å². The van der Waals surface area contributed by atoms with Gasteiger partial charge in [-0.15, -0.1) is 0 Å². The van der Waals surface area contributed by atoms with E-state index in [4.69, 9.17) is 13.6 Å². The van der Waals surface area contributed by atoms with Gasteiger partial charge in [0.2, 0.25) is 0 Å². The fourth-order valence-corrected chi connectivity index (χ4v) is 16.4. The molecule has 5 rings (SSSR count). The fraction of sp³-hybridized carbons (Fsp3) is 0.359. The molecule has 1 aliphatic rings. The van der Waals surface area contributed by atoms with Crippen LogP contribution in [0.1, 0.15) is 54.4 Å². The zero-order valence-corrected chi connectivity index (χ0v) is 30.0. The van der Waals surface area contributed by atoms with Gasteiger partial charge >= 0.3 is 5.97 Å². The Bertz CT molecular complexity index is 1470. The Hall–Kier alpha value is -3.34. The smallest absolute Gasteiger partial charge is 0.308 e. The Labute approximate surface area is 276 Å². The lowest BCUT2D eigenvalue weighted by Crippen LogP contribution is -2.69. The van der Waals surface area contributed by atoms with Crippen molar-refractivity contribution >= 4 is 43.4 Å². The van der Waals surface area contributed by atoms with Crippen molar-refractivity contribution in [2.75, 3.05) is 6.61 Å². The van der Waals surface area contributed by atoms with Crippen LogP contribution in [0.25, 0.3) is 0 Å². The summed E-state index contributed by atoms with van der Waals surface area (Å²) < 4.78 is 20.1. The molecule has 242 valence electrons. The van der Waals surface area contributed by atoms with Gasteiger partial charge in [-0.05, 0) is 30.8 Å². The largest absolute Gasteiger partial charge is 0.459 e. The summed E-state index contributed by atoms with van der Waals surface area (Å²) >= 11 is 0. The zero-order chi connectivity index (χ0) is 33.0. The highest BCUT2D eigenvalue weighted by Gasteiger charge is 2.54. The molecule has 3 atom stereocenters. The monoisotopic (exact) mass is 652 g/mol. The van der Waals surface area contributed by atoms with Gasteiger partial charge in [0.1, 0.15) is 12.2 Å². The van der Waals surface area contributed by atoms with Crippen molar-refractivity contribution in [1.29, 1.82) is 0 Å². The van der Waals surface area contributed by atoms with Crippen LogP contribution in [0.3, 0.4) is 0 Å². The van der Waals surface area contributed by atoms with Gasteiger partial charge in [-0.25, -0.2) is 0 Å². The number of hydrogen-bond acceptors (Lipinski definition) is 5. The molecule has 1 fully saturated rings. The highest BCUT2D eigenvalue weighted by molar-refractivity contribution is 7.00. The van der Waals surface area contributed by atoms with Crippen LogP contribution < -0.4 is 20.7 Å². The molecular weight excluding hydrogens is 605 g/mol. The number of aliphatic hydroxyl groups excluding tert-OH is 1. The summed E-state index contributed by atoms with van der Waals surface area (Å²) in [4.78, 5) is 13.2. The van der Waals surface area contributed by atoms with E-state index >= 15 is 0 Å². The molecule has 0 aliphatic carbocycles. The van der Waals surface area contributed by atoms with Gasteiger partial charge in [0, 0.05) is 13.0 Å². The second kappa shape index (κ2) is 13.8. The summed E-state index contributed by atoms with van der Waals surface area (Å²) in [5, 5.41) is 16.0. The topological polar surface area (TPSA) is 65.0 Å². The quantitative estimate of drug-likeness (QED) is 0.179. The van der Waals surface area contributed by atoms with Crippen molar-refractivity contribution in [3.63, 3.8) is 0 Å². The Morgan fingerprint density at radius 1 is 0.652 bits per heavy atom. The molecule has 0 saturated carbocycles. The highest BCUT2D eigenvalue weighted by Crippen LogP contribution is 2.40. The predicted molar refractivity (Wildman–Crippen MR) is 191 cm³/mol. The molecule has 1 saturated heterocycles. The summed E-state index contributed by atoms with van der Waals surface area (Å²) in [5.74, 6) is -0.358. The van der Waals surface area contributed by atoms with Crippen LogP contribution in [0.2, 0.25) is 10.1 Å². The Kier molecular flexibility index (Phi) is 10.2. The molecule has 5 nitrogen and oxygen atoms in total. The first kappa shape index (κ1) is 34.0. The zero-order valence-electron chi connectivity index (χ0n) is 28.0. The van der Waals surface area contributed by atoms with Gasteiger partial charge in [-0.2, -0.15) is 0 Å². The number of ether oxygens (including phenoxy) is 1. The molecule has 0 spiro atoms. The molecule has 0 radical (unpaired) electrons. The first-order valence-corrected chi connectivity index (χ1v) is 20.1. The average molecular weight is 653 g/mol. The SMILES string of the molecule is CC(C)(C)[Si](OCC[C@H]1OC(=O)C[C@H](O[Si](c2ccccc2)(c2ccccc2)C(C)(C)C)[C@@H]1O)(c1ccccc1)c1ccccc1. The van der Waals surface area contributed by atoms with Crippen LogP contribution in [-0.2, 0) is 18.4 Å². The van der Waals surface area contributed by atoms with Crippen LogP contribution in [0.4, 0.5) is 0 Å². The van der Waals surface area contributed by atoms with Crippen molar-refractivity contribution in [2.45, 2.75) is 82.8 Å². The number of cyclic esters (lactones) is 1. The maximum absolute atomic E-state index is 13.2. The first-order chi connectivity index (χ1) is 21.9. The number of hydrogen-bond donors (Lipinski definition) is 1. The number of rotatable bonds is 10. The summed E-state index contributed by atoms with van der Waals surface area (Å²) in [6, 6.07) is 41.6. The summed E-state index contributed by atoms with van der Waals surface area (Å²) in [5.41, 5.74) is 0. The molecule has 4 aromatic rings. The van der Waals surface area contributed by atoms with E-state index in [0.29, 0.717) is 13.0 Å². The second-order valence-electron chi connectivity index (χ2n) is 14.3. The summed E-state index contributed by atoms with van der Waals surface area (Å²) in [6.45, 7) is 13.6. The molecule has 0 aromatic heterocycles. The van der Waals surface area contributed by atoms with Crippen molar-refractivity contribution in [3.05, 3.63) is 121 Å². The molecule has 1 aliphatic heterocycles. The number of esters is 1. The van der Waals surface area contributed by atoms with E-state index in [-0.39, 0.29) is 22.5 Å². The third-order valence-corrected chi connectivity index (χ3v) is 19.4. The minimum Gasteiger partial charge on any atom is -0.459 e. The number of benzene rings is 4. The van der Waals surface area contributed by atoms with Gasteiger partial charge in [0.05, 0.1) is 12.5 Å². The van der Waals surface area contributed by atoms with Gasteiger partial charge in [0.15, 0.2) is 0 Å². The van der Waals surface area contributed by atoms with Crippen molar-refractivity contribution in [1.82, 2.24) is 0 Å². The van der Waals surface area contributed by atoms with Crippen LogP contribution in [-0.4, -0.2) is 52.6 Å². The Morgan fingerprint density at radius 2 is 1.02 bits per heavy atom. The molecular formula is C39H48O5Si2.